The molecule has 116 valence electrons. The van der Waals surface area contributed by atoms with Crippen LogP contribution in [-0.4, -0.2) is 10.1 Å². The van der Waals surface area contributed by atoms with Gasteiger partial charge in [-0.3, -0.25) is 0 Å². The maximum Gasteiger partial charge on any atom is 0.416 e. The zero-order valence-corrected chi connectivity index (χ0v) is 12.9. The van der Waals surface area contributed by atoms with E-state index in [1.807, 2.05) is 6.07 Å². The van der Waals surface area contributed by atoms with Crippen LogP contribution in [0.25, 0.3) is 21.5 Å². The molecule has 0 aliphatic rings. The van der Waals surface area contributed by atoms with Gasteiger partial charge in [0.15, 0.2) is 5.76 Å². The molecule has 8 heteroatoms. The number of hydrogen-bond donors (Lipinski definition) is 1. The van der Waals surface area contributed by atoms with Crippen LogP contribution in [0, 0.1) is 11.3 Å². The molecule has 1 aromatic carbocycles. The molecule has 0 saturated carbocycles. The molecule has 2 aromatic heterocycles. The van der Waals surface area contributed by atoms with Gasteiger partial charge in [0.1, 0.15) is 16.6 Å². The Morgan fingerprint density at radius 2 is 2.04 bits per heavy atom. The molecule has 23 heavy (non-hydrogen) atoms. The molecule has 3 nitrogen and oxygen atoms in total. The summed E-state index contributed by atoms with van der Waals surface area (Å²) in [5, 5.41) is 21.4. The Labute approximate surface area is 136 Å². The highest BCUT2D eigenvalue weighted by Gasteiger charge is 2.31. The number of alkyl halides is 3. The van der Waals surface area contributed by atoms with Gasteiger partial charge in [-0.2, -0.15) is 18.4 Å². The monoisotopic (exact) mass is 352 g/mol. The van der Waals surface area contributed by atoms with Gasteiger partial charge in [-0.1, -0.05) is 6.07 Å². The van der Waals surface area contributed by atoms with Crippen LogP contribution in [0.5, 0.6) is 0 Å². The summed E-state index contributed by atoms with van der Waals surface area (Å²) >= 11 is 2.31. The molecule has 0 spiro atoms. The molecule has 0 radical (unpaired) electrons. The van der Waals surface area contributed by atoms with Crippen molar-refractivity contribution in [2.24, 2.45) is 0 Å². The average molecular weight is 352 g/mol. The normalized spacial score (nSPS) is 13.0. The summed E-state index contributed by atoms with van der Waals surface area (Å²) in [6, 6.07) is 8.47. The summed E-state index contributed by atoms with van der Waals surface area (Å²) in [7, 11) is 0. The lowest BCUT2D eigenvalue weighted by Crippen LogP contribution is -2.03. The number of rotatable bonds is 2. The number of aliphatic hydroxyl groups is 1. The van der Waals surface area contributed by atoms with Crippen LogP contribution in [-0.2, 0) is 6.18 Å². The van der Waals surface area contributed by atoms with E-state index in [1.165, 1.54) is 17.4 Å². The van der Waals surface area contributed by atoms with Crippen LogP contribution in [0.4, 0.5) is 13.2 Å². The quantitative estimate of drug-likeness (QED) is 0.501. The maximum absolute atomic E-state index is 12.7. The topological polar surface area (TPSA) is 56.9 Å². The Kier molecular flexibility index (Phi) is 3.83. The summed E-state index contributed by atoms with van der Waals surface area (Å²) in [4.78, 5) is 4.57. The summed E-state index contributed by atoms with van der Waals surface area (Å²) in [5.41, 5.74) is -0.708. The lowest BCUT2D eigenvalue weighted by molar-refractivity contribution is -0.137. The first kappa shape index (κ1) is 15.5. The van der Waals surface area contributed by atoms with Crippen LogP contribution in [0.3, 0.4) is 0 Å². The van der Waals surface area contributed by atoms with Gasteiger partial charge in [-0.05, 0) is 29.6 Å². The van der Waals surface area contributed by atoms with Crippen molar-refractivity contribution in [1.29, 1.82) is 5.26 Å². The first-order chi connectivity index (χ1) is 10.9. The van der Waals surface area contributed by atoms with Gasteiger partial charge in [0.25, 0.3) is 0 Å². The molecule has 0 amide bonds. The molecule has 0 bridgehead atoms. The van der Waals surface area contributed by atoms with Crippen molar-refractivity contribution in [3.63, 3.8) is 0 Å². The van der Waals surface area contributed by atoms with E-state index in [9.17, 15) is 23.5 Å². The van der Waals surface area contributed by atoms with E-state index >= 15 is 0 Å². The Morgan fingerprint density at radius 3 is 2.65 bits per heavy atom. The highest BCUT2D eigenvalue weighted by atomic mass is 32.1. The van der Waals surface area contributed by atoms with E-state index in [0.29, 0.717) is 9.58 Å². The molecule has 0 atom stereocenters. The van der Waals surface area contributed by atoms with Gasteiger partial charge in [0, 0.05) is 0 Å². The number of thiazole rings is 1. The second kappa shape index (κ2) is 5.68. The number of allylic oxidation sites excluding steroid dienone is 1. The minimum Gasteiger partial charge on any atom is -0.505 e. The first-order valence-electron chi connectivity index (χ1n) is 6.25. The van der Waals surface area contributed by atoms with Crippen LogP contribution in [0.1, 0.15) is 15.4 Å². The number of hydrogen-bond acceptors (Lipinski definition) is 5. The van der Waals surface area contributed by atoms with E-state index in [1.54, 1.807) is 17.5 Å². The Morgan fingerprint density at radius 1 is 1.26 bits per heavy atom. The highest BCUT2D eigenvalue weighted by molar-refractivity contribution is 7.19. The van der Waals surface area contributed by atoms with Crippen molar-refractivity contribution in [2.75, 3.05) is 0 Å². The third kappa shape index (κ3) is 2.93. The number of benzene rings is 1. The standard InChI is InChI=1S/C15H7F3N2OS2/c16-15(17,18)8-3-4-11-10(6-8)20-14(23-11)9(7-19)13(21)12-2-1-5-22-12/h1-6,21H/b13-9-. The van der Waals surface area contributed by atoms with Gasteiger partial charge in [0.2, 0.25) is 0 Å². The first-order valence-corrected chi connectivity index (χ1v) is 7.95. The Bertz CT molecular complexity index is 934. The van der Waals surface area contributed by atoms with E-state index in [-0.39, 0.29) is 21.9 Å². The summed E-state index contributed by atoms with van der Waals surface area (Å²) in [5.74, 6) is -0.224. The molecule has 2 heterocycles. The minimum absolute atomic E-state index is 0.0535. The fraction of sp³-hybridized carbons (Fsp3) is 0.0667. The number of nitrogens with zero attached hydrogens (tertiary/aromatic N) is 2. The predicted octanol–water partition coefficient (Wildman–Crippen LogP) is 5.33. The summed E-state index contributed by atoms with van der Waals surface area (Å²) in [6.07, 6.45) is -4.45. The zero-order chi connectivity index (χ0) is 16.6. The van der Waals surface area contributed by atoms with Gasteiger partial charge < -0.3 is 5.11 Å². The van der Waals surface area contributed by atoms with E-state index < -0.39 is 11.7 Å². The molecule has 3 rings (SSSR count). The number of thiophene rings is 1. The maximum atomic E-state index is 12.7. The highest BCUT2D eigenvalue weighted by Crippen LogP contribution is 2.35. The van der Waals surface area contributed by atoms with E-state index in [0.717, 1.165) is 23.5 Å². The van der Waals surface area contributed by atoms with E-state index in [4.69, 9.17) is 0 Å². The Hall–Kier alpha value is -2.37. The number of aromatic nitrogens is 1. The second-order valence-corrected chi connectivity index (χ2v) is 6.49. The van der Waals surface area contributed by atoms with Crippen molar-refractivity contribution >= 4 is 44.2 Å². The van der Waals surface area contributed by atoms with Crippen LogP contribution >= 0.6 is 22.7 Å². The number of aliphatic hydroxyl groups excluding tert-OH is 1. The second-order valence-electron chi connectivity index (χ2n) is 4.51. The molecule has 0 unspecified atom stereocenters. The summed E-state index contributed by atoms with van der Waals surface area (Å²) in [6.45, 7) is 0. The molecular weight excluding hydrogens is 345 g/mol. The third-order valence-electron chi connectivity index (χ3n) is 3.03. The smallest absolute Gasteiger partial charge is 0.416 e. The van der Waals surface area contributed by atoms with Crippen molar-refractivity contribution in [2.45, 2.75) is 6.18 Å². The van der Waals surface area contributed by atoms with Gasteiger partial charge >= 0.3 is 6.18 Å². The third-order valence-corrected chi connectivity index (χ3v) is 4.96. The van der Waals surface area contributed by atoms with Crippen LogP contribution < -0.4 is 0 Å². The molecule has 1 N–H and O–H groups in total. The number of halogens is 3. The molecule has 0 saturated heterocycles. The Balaban J connectivity index is 2.13. The van der Waals surface area contributed by atoms with Crippen molar-refractivity contribution in [3.8, 4) is 6.07 Å². The van der Waals surface area contributed by atoms with Gasteiger partial charge in [-0.25, -0.2) is 4.98 Å². The van der Waals surface area contributed by atoms with Crippen LogP contribution in [0.2, 0.25) is 0 Å². The lowest BCUT2D eigenvalue weighted by atomic mass is 10.2. The predicted molar refractivity (Wildman–Crippen MR) is 84.0 cm³/mol. The number of nitriles is 1. The van der Waals surface area contributed by atoms with Gasteiger partial charge in [-0.15, -0.1) is 22.7 Å². The zero-order valence-electron chi connectivity index (χ0n) is 11.3. The number of fused-ring (bicyclic) bond motifs is 1. The van der Waals surface area contributed by atoms with Gasteiger partial charge in [0.05, 0.1) is 20.7 Å². The van der Waals surface area contributed by atoms with Crippen molar-refractivity contribution in [3.05, 3.63) is 51.2 Å². The molecule has 0 aliphatic heterocycles. The average Bonchev–Trinajstić information content (AvgIpc) is 3.15. The SMILES string of the molecule is N#C/C(=C(/O)c1cccs1)c1nc2cc(C(F)(F)F)ccc2s1. The van der Waals surface area contributed by atoms with Crippen molar-refractivity contribution < 1.29 is 18.3 Å². The van der Waals surface area contributed by atoms with E-state index in [2.05, 4.69) is 4.98 Å². The molecular formula is C15H7F3N2OS2. The van der Waals surface area contributed by atoms with Crippen molar-refractivity contribution in [1.82, 2.24) is 4.98 Å². The lowest BCUT2D eigenvalue weighted by Gasteiger charge is -2.04. The molecule has 3 aromatic rings. The summed E-state index contributed by atoms with van der Waals surface area (Å²) < 4.78 is 38.7. The minimum atomic E-state index is -4.45. The largest absolute Gasteiger partial charge is 0.505 e. The fourth-order valence-electron chi connectivity index (χ4n) is 1.95. The fourth-order valence-corrected chi connectivity index (χ4v) is 3.57. The van der Waals surface area contributed by atoms with Crippen LogP contribution in [0.15, 0.2) is 35.7 Å². The molecule has 0 fully saturated rings. The molecule has 0 aliphatic carbocycles.